The molecule has 0 spiro atoms. The average molecular weight is 458 g/mol. The standard InChI is InChI=1S/C31H23NO3/c33-30-28(23-10-4-1-5-11-23)20-25(21-29(30)24-12-6-2-7-13-24)22-16-18-26(19-17-22)32-31(34)35-27-14-8-3-9-15-27/h1-21,33H,(H,32,34). The number of ether oxygens (including phenoxy) is 1. The first-order valence-corrected chi connectivity index (χ1v) is 11.3. The second-order valence-corrected chi connectivity index (χ2v) is 8.06. The third kappa shape index (κ3) is 5.07. The Labute approximate surface area is 204 Å². The zero-order valence-corrected chi connectivity index (χ0v) is 18.9. The first-order chi connectivity index (χ1) is 17.2. The molecule has 0 fully saturated rings. The maximum absolute atomic E-state index is 12.2. The van der Waals surface area contributed by atoms with Gasteiger partial charge in [0.2, 0.25) is 0 Å². The molecule has 4 nitrogen and oxygen atoms in total. The Morgan fingerprint density at radius 2 is 1.06 bits per heavy atom. The Morgan fingerprint density at radius 1 is 0.571 bits per heavy atom. The predicted molar refractivity (Wildman–Crippen MR) is 141 cm³/mol. The molecule has 4 heteroatoms. The summed E-state index contributed by atoms with van der Waals surface area (Å²) in [6.45, 7) is 0. The van der Waals surface area contributed by atoms with Crippen LogP contribution in [0.3, 0.4) is 0 Å². The van der Waals surface area contributed by atoms with Crippen LogP contribution in [0.5, 0.6) is 11.5 Å². The smallest absolute Gasteiger partial charge is 0.417 e. The second kappa shape index (κ2) is 9.98. The summed E-state index contributed by atoms with van der Waals surface area (Å²) < 4.78 is 5.30. The summed E-state index contributed by atoms with van der Waals surface area (Å²) in [6, 6.07) is 40.1. The number of amides is 1. The fourth-order valence-electron chi connectivity index (χ4n) is 3.96. The molecule has 1 amide bonds. The largest absolute Gasteiger partial charge is 0.507 e. The lowest BCUT2D eigenvalue weighted by atomic mass is 9.92. The van der Waals surface area contributed by atoms with Crippen molar-refractivity contribution in [2.24, 2.45) is 0 Å². The van der Waals surface area contributed by atoms with E-state index in [0.717, 1.165) is 33.4 Å². The molecule has 170 valence electrons. The summed E-state index contributed by atoms with van der Waals surface area (Å²) in [6.07, 6.45) is -0.550. The monoisotopic (exact) mass is 457 g/mol. The molecule has 0 aliphatic rings. The molecule has 0 aliphatic carbocycles. The molecule has 0 aliphatic heterocycles. The van der Waals surface area contributed by atoms with Gasteiger partial charge in [0.25, 0.3) is 0 Å². The molecule has 5 aromatic carbocycles. The van der Waals surface area contributed by atoms with Gasteiger partial charge in [-0.1, -0.05) is 91.0 Å². The SMILES string of the molecule is O=C(Nc1ccc(-c2cc(-c3ccccc3)c(O)c(-c3ccccc3)c2)cc1)Oc1ccccc1. The van der Waals surface area contributed by atoms with E-state index in [1.165, 1.54) is 0 Å². The molecule has 0 aromatic heterocycles. The molecular weight excluding hydrogens is 434 g/mol. The molecule has 5 rings (SSSR count). The lowest BCUT2D eigenvalue weighted by molar-refractivity contribution is 0.215. The Morgan fingerprint density at radius 3 is 1.57 bits per heavy atom. The topological polar surface area (TPSA) is 58.6 Å². The van der Waals surface area contributed by atoms with Crippen LogP contribution in [-0.4, -0.2) is 11.2 Å². The maximum Gasteiger partial charge on any atom is 0.417 e. The van der Waals surface area contributed by atoms with Gasteiger partial charge in [0.1, 0.15) is 11.5 Å². The van der Waals surface area contributed by atoms with Crippen molar-refractivity contribution in [3.63, 3.8) is 0 Å². The minimum Gasteiger partial charge on any atom is -0.507 e. The van der Waals surface area contributed by atoms with Gasteiger partial charge in [-0.05, 0) is 58.7 Å². The van der Waals surface area contributed by atoms with E-state index in [1.54, 1.807) is 12.1 Å². The summed E-state index contributed by atoms with van der Waals surface area (Å²) in [5, 5.41) is 13.9. The summed E-state index contributed by atoms with van der Waals surface area (Å²) in [7, 11) is 0. The van der Waals surface area contributed by atoms with E-state index in [9.17, 15) is 9.90 Å². The van der Waals surface area contributed by atoms with Crippen LogP contribution in [0.2, 0.25) is 0 Å². The van der Waals surface area contributed by atoms with Gasteiger partial charge >= 0.3 is 6.09 Å². The zero-order valence-electron chi connectivity index (χ0n) is 18.9. The molecule has 2 N–H and O–H groups in total. The van der Waals surface area contributed by atoms with E-state index >= 15 is 0 Å². The number of hydrogen-bond donors (Lipinski definition) is 2. The Hall–Kier alpha value is -4.83. The molecular formula is C31H23NO3. The Balaban J connectivity index is 1.46. The highest BCUT2D eigenvalue weighted by molar-refractivity contribution is 5.89. The first-order valence-electron chi connectivity index (χ1n) is 11.3. The highest BCUT2D eigenvalue weighted by Gasteiger charge is 2.14. The zero-order chi connectivity index (χ0) is 24.0. The van der Waals surface area contributed by atoms with E-state index in [2.05, 4.69) is 5.32 Å². The Bertz CT molecular complexity index is 1370. The van der Waals surface area contributed by atoms with Crippen molar-refractivity contribution in [1.82, 2.24) is 0 Å². The summed E-state index contributed by atoms with van der Waals surface area (Å²) in [5.74, 6) is 0.723. The molecule has 5 aromatic rings. The number of nitrogens with one attached hydrogen (secondary N) is 1. The Kier molecular flexibility index (Phi) is 6.27. The molecule has 0 unspecified atom stereocenters. The van der Waals surface area contributed by atoms with E-state index in [0.29, 0.717) is 11.4 Å². The second-order valence-electron chi connectivity index (χ2n) is 8.06. The third-order valence-corrected chi connectivity index (χ3v) is 5.70. The molecule has 0 saturated carbocycles. The van der Waals surface area contributed by atoms with Crippen LogP contribution >= 0.6 is 0 Å². The fourth-order valence-corrected chi connectivity index (χ4v) is 3.96. The number of phenols is 1. The van der Waals surface area contributed by atoms with Gasteiger partial charge in [-0.2, -0.15) is 0 Å². The van der Waals surface area contributed by atoms with Crippen molar-refractivity contribution in [3.8, 4) is 44.9 Å². The van der Waals surface area contributed by atoms with Crippen LogP contribution in [0, 0.1) is 0 Å². The number of para-hydroxylation sites is 1. The number of carbonyl (C=O) groups excluding carboxylic acids is 1. The number of benzene rings is 5. The molecule has 0 atom stereocenters. The lowest BCUT2D eigenvalue weighted by Crippen LogP contribution is -2.16. The van der Waals surface area contributed by atoms with E-state index in [4.69, 9.17) is 4.74 Å². The highest BCUT2D eigenvalue weighted by atomic mass is 16.6. The number of rotatable bonds is 5. The van der Waals surface area contributed by atoms with E-state index < -0.39 is 6.09 Å². The number of aromatic hydroxyl groups is 1. The van der Waals surface area contributed by atoms with Crippen molar-refractivity contribution in [2.75, 3.05) is 5.32 Å². The molecule has 0 heterocycles. The maximum atomic E-state index is 12.2. The predicted octanol–water partition coefficient (Wildman–Crippen LogP) is 8.00. The molecule has 0 saturated heterocycles. The van der Waals surface area contributed by atoms with Gasteiger partial charge in [-0.3, -0.25) is 5.32 Å². The lowest BCUT2D eigenvalue weighted by Gasteiger charge is -2.15. The number of hydrogen-bond acceptors (Lipinski definition) is 3. The summed E-state index contributed by atoms with van der Waals surface area (Å²) in [5.41, 5.74) is 5.93. The van der Waals surface area contributed by atoms with Crippen molar-refractivity contribution >= 4 is 11.8 Å². The molecule has 0 radical (unpaired) electrons. The minimum atomic E-state index is -0.550. The minimum absolute atomic E-state index is 0.244. The van der Waals surface area contributed by atoms with Crippen molar-refractivity contribution in [3.05, 3.63) is 127 Å². The number of phenolic OH excluding ortho intramolecular Hbond substituents is 1. The van der Waals surface area contributed by atoms with Gasteiger partial charge in [-0.15, -0.1) is 0 Å². The quantitative estimate of drug-likeness (QED) is 0.281. The number of anilines is 1. The van der Waals surface area contributed by atoms with Crippen LogP contribution in [0.15, 0.2) is 127 Å². The highest BCUT2D eigenvalue weighted by Crippen LogP contribution is 2.41. The van der Waals surface area contributed by atoms with Crippen LogP contribution in [-0.2, 0) is 0 Å². The van der Waals surface area contributed by atoms with Crippen LogP contribution < -0.4 is 10.1 Å². The van der Waals surface area contributed by atoms with Crippen LogP contribution in [0.1, 0.15) is 0 Å². The van der Waals surface area contributed by atoms with E-state index in [1.807, 2.05) is 115 Å². The van der Waals surface area contributed by atoms with Gasteiger partial charge in [-0.25, -0.2) is 4.79 Å². The van der Waals surface area contributed by atoms with Gasteiger partial charge in [0.15, 0.2) is 0 Å². The van der Waals surface area contributed by atoms with Crippen molar-refractivity contribution < 1.29 is 14.6 Å². The van der Waals surface area contributed by atoms with Gasteiger partial charge < -0.3 is 9.84 Å². The summed E-state index contributed by atoms with van der Waals surface area (Å²) in [4.78, 5) is 12.2. The van der Waals surface area contributed by atoms with Crippen LogP contribution in [0.25, 0.3) is 33.4 Å². The number of carbonyl (C=O) groups is 1. The van der Waals surface area contributed by atoms with E-state index in [-0.39, 0.29) is 5.75 Å². The first kappa shape index (κ1) is 22.0. The van der Waals surface area contributed by atoms with Crippen LogP contribution in [0.4, 0.5) is 10.5 Å². The average Bonchev–Trinajstić information content (AvgIpc) is 2.91. The van der Waals surface area contributed by atoms with Crippen molar-refractivity contribution in [2.45, 2.75) is 0 Å². The summed E-state index contributed by atoms with van der Waals surface area (Å²) >= 11 is 0. The van der Waals surface area contributed by atoms with Gasteiger partial charge in [0, 0.05) is 16.8 Å². The van der Waals surface area contributed by atoms with Gasteiger partial charge in [0.05, 0.1) is 0 Å². The third-order valence-electron chi connectivity index (χ3n) is 5.70. The fraction of sp³-hybridized carbons (Fsp3) is 0. The normalized spacial score (nSPS) is 10.5. The molecule has 0 bridgehead atoms. The molecule has 35 heavy (non-hydrogen) atoms. The van der Waals surface area contributed by atoms with Crippen molar-refractivity contribution in [1.29, 1.82) is 0 Å².